The molecule has 3 rings (SSSR count). The van der Waals surface area contributed by atoms with Crippen LogP contribution in [-0.4, -0.2) is 41.0 Å². The highest BCUT2D eigenvalue weighted by atomic mass is 16.5. The van der Waals surface area contributed by atoms with E-state index in [4.69, 9.17) is 4.74 Å². The van der Waals surface area contributed by atoms with Gasteiger partial charge in [-0.25, -0.2) is 9.59 Å². The number of fused-ring (bicyclic) bond motifs is 3. The van der Waals surface area contributed by atoms with Gasteiger partial charge in [-0.2, -0.15) is 0 Å². The lowest BCUT2D eigenvalue weighted by Gasteiger charge is -2.23. The van der Waals surface area contributed by atoms with Crippen molar-refractivity contribution in [3.05, 3.63) is 59.7 Å². The normalized spacial score (nSPS) is 16.0. The van der Waals surface area contributed by atoms with Crippen molar-refractivity contribution >= 4 is 12.1 Å². The predicted molar refractivity (Wildman–Crippen MR) is 100 cm³/mol. The number of aliphatic carboxylic acids is 1. The highest BCUT2D eigenvalue weighted by Gasteiger charge is 2.32. The molecule has 3 atom stereocenters. The number of amides is 1. The van der Waals surface area contributed by atoms with Gasteiger partial charge in [0.1, 0.15) is 12.6 Å². The molecular weight excluding hydrogens is 346 g/mol. The number of aliphatic hydroxyl groups excluding tert-OH is 1. The molecule has 6 nitrogen and oxygen atoms in total. The number of carbonyl (C=O) groups excluding carboxylic acids is 1. The van der Waals surface area contributed by atoms with Crippen LogP contribution in [0.15, 0.2) is 48.5 Å². The maximum Gasteiger partial charge on any atom is 0.407 e. The van der Waals surface area contributed by atoms with Crippen molar-refractivity contribution in [2.24, 2.45) is 5.92 Å². The molecule has 27 heavy (non-hydrogen) atoms. The molecule has 2 aromatic carbocycles. The second kappa shape index (κ2) is 7.80. The van der Waals surface area contributed by atoms with Gasteiger partial charge in [-0.3, -0.25) is 0 Å². The Labute approximate surface area is 157 Å². The molecule has 3 unspecified atom stereocenters. The Bertz CT molecular complexity index is 802. The first-order chi connectivity index (χ1) is 12.9. The van der Waals surface area contributed by atoms with Crippen LogP contribution in [0.5, 0.6) is 0 Å². The van der Waals surface area contributed by atoms with Gasteiger partial charge in [-0.05, 0) is 29.2 Å². The maximum absolute atomic E-state index is 12.2. The first-order valence-electron chi connectivity index (χ1n) is 8.92. The van der Waals surface area contributed by atoms with Crippen LogP contribution < -0.4 is 5.32 Å². The van der Waals surface area contributed by atoms with Crippen LogP contribution in [0.3, 0.4) is 0 Å². The van der Waals surface area contributed by atoms with Crippen molar-refractivity contribution in [2.45, 2.75) is 31.9 Å². The Morgan fingerprint density at radius 2 is 1.56 bits per heavy atom. The number of carboxylic acids is 1. The molecule has 0 heterocycles. The Hall–Kier alpha value is -2.86. The number of nitrogens with one attached hydrogen (secondary N) is 1. The highest BCUT2D eigenvalue weighted by molar-refractivity contribution is 5.81. The molecule has 2 aromatic rings. The molecule has 0 aliphatic heterocycles. The maximum atomic E-state index is 12.2. The van der Waals surface area contributed by atoms with Crippen LogP contribution in [-0.2, 0) is 9.53 Å². The molecule has 0 radical (unpaired) electrons. The van der Waals surface area contributed by atoms with E-state index in [1.165, 1.54) is 6.92 Å². The van der Waals surface area contributed by atoms with Gasteiger partial charge < -0.3 is 20.3 Å². The number of ether oxygens (including phenoxy) is 1. The molecule has 0 spiro atoms. The zero-order chi connectivity index (χ0) is 19.6. The highest BCUT2D eigenvalue weighted by Crippen LogP contribution is 2.44. The lowest BCUT2D eigenvalue weighted by atomic mass is 9.97. The van der Waals surface area contributed by atoms with Crippen LogP contribution in [0.2, 0.25) is 0 Å². The SMILES string of the molecule is CC(O)C(C)C(NC(=O)OCC1c2ccccc2-c2ccccc21)C(=O)O. The average Bonchev–Trinajstić information content (AvgIpc) is 2.97. The summed E-state index contributed by atoms with van der Waals surface area (Å²) in [6.07, 6.45) is -1.68. The third kappa shape index (κ3) is 3.80. The molecule has 0 saturated carbocycles. The van der Waals surface area contributed by atoms with E-state index in [0.717, 1.165) is 22.3 Å². The molecule has 0 aromatic heterocycles. The molecule has 1 aliphatic carbocycles. The fourth-order valence-corrected chi connectivity index (χ4v) is 3.46. The van der Waals surface area contributed by atoms with Gasteiger partial charge in [0.25, 0.3) is 0 Å². The minimum atomic E-state index is -1.22. The summed E-state index contributed by atoms with van der Waals surface area (Å²) in [6, 6.07) is 14.7. The zero-order valence-electron chi connectivity index (χ0n) is 15.3. The van der Waals surface area contributed by atoms with E-state index >= 15 is 0 Å². The number of hydrogen-bond donors (Lipinski definition) is 3. The number of rotatable bonds is 6. The second-order valence-corrected chi connectivity index (χ2v) is 6.89. The van der Waals surface area contributed by atoms with Gasteiger partial charge in [0.2, 0.25) is 0 Å². The van der Waals surface area contributed by atoms with Crippen molar-refractivity contribution in [3.63, 3.8) is 0 Å². The smallest absolute Gasteiger partial charge is 0.407 e. The van der Waals surface area contributed by atoms with Gasteiger partial charge >= 0.3 is 12.1 Å². The molecule has 1 amide bonds. The largest absolute Gasteiger partial charge is 0.480 e. The van der Waals surface area contributed by atoms with E-state index in [2.05, 4.69) is 5.32 Å². The van der Waals surface area contributed by atoms with E-state index in [1.807, 2.05) is 48.5 Å². The molecule has 0 saturated heterocycles. The van der Waals surface area contributed by atoms with E-state index in [0.29, 0.717) is 0 Å². The third-order valence-electron chi connectivity index (χ3n) is 5.17. The van der Waals surface area contributed by atoms with E-state index < -0.39 is 30.1 Å². The van der Waals surface area contributed by atoms with Crippen molar-refractivity contribution in [2.75, 3.05) is 6.61 Å². The molecule has 0 bridgehead atoms. The van der Waals surface area contributed by atoms with Crippen LogP contribution in [0, 0.1) is 5.92 Å². The van der Waals surface area contributed by atoms with Crippen LogP contribution in [0.4, 0.5) is 4.79 Å². The average molecular weight is 369 g/mol. The first-order valence-corrected chi connectivity index (χ1v) is 8.92. The number of carbonyl (C=O) groups is 2. The van der Waals surface area contributed by atoms with Gasteiger partial charge in [0.05, 0.1) is 6.10 Å². The van der Waals surface area contributed by atoms with E-state index in [1.54, 1.807) is 6.92 Å². The Kier molecular flexibility index (Phi) is 5.46. The quantitative estimate of drug-likeness (QED) is 0.727. The number of hydrogen-bond acceptors (Lipinski definition) is 4. The predicted octanol–water partition coefficient (Wildman–Crippen LogP) is 3.00. The number of carboxylic acid groups (broad SMARTS) is 1. The van der Waals surface area contributed by atoms with Crippen LogP contribution in [0.25, 0.3) is 11.1 Å². The van der Waals surface area contributed by atoms with Crippen molar-refractivity contribution < 1.29 is 24.5 Å². The van der Waals surface area contributed by atoms with Crippen molar-refractivity contribution in [1.82, 2.24) is 5.32 Å². The summed E-state index contributed by atoms with van der Waals surface area (Å²) in [5.41, 5.74) is 4.40. The Morgan fingerprint density at radius 3 is 2.04 bits per heavy atom. The number of benzene rings is 2. The lowest BCUT2D eigenvalue weighted by molar-refractivity contribution is -0.141. The monoisotopic (exact) mass is 369 g/mol. The van der Waals surface area contributed by atoms with Crippen LogP contribution in [0.1, 0.15) is 30.9 Å². The molecule has 0 fully saturated rings. The summed E-state index contributed by atoms with van der Waals surface area (Å²) < 4.78 is 5.36. The lowest BCUT2D eigenvalue weighted by Crippen LogP contribution is -2.48. The fourth-order valence-electron chi connectivity index (χ4n) is 3.46. The van der Waals surface area contributed by atoms with Gasteiger partial charge in [0.15, 0.2) is 0 Å². The summed E-state index contributed by atoms with van der Waals surface area (Å²) in [4.78, 5) is 23.6. The Balaban J connectivity index is 1.71. The second-order valence-electron chi connectivity index (χ2n) is 6.89. The fraction of sp³-hybridized carbons (Fsp3) is 0.333. The first kappa shape index (κ1) is 18.9. The molecule has 6 heteroatoms. The minimum Gasteiger partial charge on any atom is -0.480 e. The standard InChI is InChI=1S/C21H23NO5/c1-12(13(2)23)19(20(24)25)22-21(26)27-11-18-16-9-5-3-7-14(16)15-8-4-6-10-17(15)18/h3-10,12-13,18-19,23H,11H2,1-2H3,(H,22,26)(H,24,25). The summed E-state index contributed by atoms with van der Waals surface area (Å²) in [5, 5.41) is 21.3. The summed E-state index contributed by atoms with van der Waals surface area (Å²) in [6.45, 7) is 3.16. The molecule has 1 aliphatic rings. The van der Waals surface area contributed by atoms with E-state index in [9.17, 15) is 19.8 Å². The number of aliphatic hydroxyl groups is 1. The van der Waals surface area contributed by atoms with Gasteiger partial charge in [-0.15, -0.1) is 0 Å². The van der Waals surface area contributed by atoms with Crippen molar-refractivity contribution in [1.29, 1.82) is 0 Å². The third-order valence-corrected chi connectivity index (χ3v) is 5.17. The molecule has 3 N–H and O–H groups in total. The topological polar surface area (TPSA) is 95.9 Å². The molecule has 142 valence electrons. The van der Waals surface area contributed by atoms with E-state index in [-0.39, 0.29) is 12.5 Å². The van der Waals surface area contributed by atoms with Gasteiger partial charge in [0, 0.05) is 11.8 Å². The summed E-state index contributed by atoms with van der Waals surface area (Å²) in [7, 11) is 0. The minimum absolute atomic E-state index is 0.0967. The molecular formula is C21H23NO5. The summed E-state index contributed by atoms with van der Waals surface area (Å²) >= 11 is 0. The zero-order valence-corrected chi connectivity index (χ0v) is 15.3. The van der Waals surface area contributed by atoms with Crippen molar-refractivity contribution in [3.8, 4) is 11.1 Å². The summed E-state index contributed by atoms with van der Waals surface area (Å²) in [5.74, 6) is -1.96. The van der Waals surface area contributed by atoms with Crippen LogP contribution >= 0.6 is 0 Å². The number of alkyl carbamates (subject to hydrolysis) is 1. The van der Waals surface area contributed by atoms with Gasteiger partial charge in [-0.1, -0.05) is 55.5 Å². The Morgan fingerprint density at radius 1 is 1.04 bits per heavy atom.